The summed E-state index contributed by atoms with van der Waals surface area (Å²) in [5.41, 5.74) is 3.31. The molecule has 3 heterocycles. The molecule has 3 aromatic rings. The van der Waals surface area contributed by atoms with Crippen molar-refractivity contribution in [3.05, 3.63) is 47.8 Å². The molecule has 1 N–H and O–H groups in total. The number of ether oxygens (including phenoxy) is 3. The summed E-state index contributed by atoms with van der Waals surface area (Å²) in [6.45, 7) is 5.81. The average Bonchev–Trinajstić information content (AvgIpc) is 3.38. The van der Waals surface area contributed by atoms with E-state index < -0.39 is 17.0 Å². The molecule has 1 aliphatic heterocycles. The normalized spacial score (nSPS) is 16.2. The van der Waals surface area contributed by atoms with Crippen LogP contribution in [0.25, 0.3) is 11.0 Å². The molecular weight excluding hydrogens is 425 g/mol. The van der Waals surface area contributed by atoms with Crippen molar-refractivity contribution < 1.29 is 18.8 Å². The van der Waals surface area contributed by atoms with E-state index >= 15 is 0 Å². The van der Waals surface area contributed by atoms with E-state index in [1.165, 1.54) is 0 Å². The number of para-hydroxylation sites is 2. The van der Waals surface area contributed by atoms with Gasteiger partial charge in [-0.2, -0.15) is 4.98 Å². The topological polar surface area (TPSA) is 92.3 Å². The Bertz CT molecular complexity index is 961. The number of benzene rings is 1. The first kappa shape index (κ1) is 24.5. The van der Waals surface area contributed by atoms with Crippen LogP contribution in [0, 0.1) is 6.92 Å². The Morgan fingerprint density at radius 1 is 1.19 bits per heavy atom. The van der Waals surface area contributed by atoms with Gasteiger partial charge < -0.3 is 18.8 Å². The minimum atomic E-state index is -1.33. The molecule has 162 valence electrons. The molecule has 1 unspecified atom stereocenters. The SMILES string of the molecule is CCCC1(CCOc2ccnc(C[S+]([O-])c3nc4ccccc4[nH]3)c2C)OCCO1.[NaH]. The fraction of sp³-hybridized carbons (Fsp3) is 0.455. The molecule has 0 radical (unpaired) electrons. The molecule has 1 fully saturated rings. The Labute approximate surface area is 207 Å². The van der Waals surface area contributed by atoms with Crippen molar-refractivity contribution in [3.8, 4) is 5.75 Å². The fourth-order valence-electron chi connectivity index (χ4n) is 3.70. The van der Waals surface area contributed by atoms with Crippen LogP contribution in [0.2, 0.25) is 0 Å². The van der Waals surface area contributed by atoms with Crippen molar-refractivity contribution in [2.75, 3.05) is 19.8 Å². The zero-order valence-electron chi connectivity index (χ0n) is 17.3. The maximum absolute atomic E-state index is 12.9. The first-order valence-corrected chi connectivity index (χ1v) is 11.6. The number of rotatable bonds is 9. The van der Waals surface area contributed by atoms with Gasteiger partial charge in [0.25, 0.3) is 0 Å². The van der Waals surface area contributed by atoms with E-state index in [9.17, 15) is 4.55 Å². The van der Waals surface area contributed by atoms with Crippen molar-refractivity contribution in [2.45, 2.75) is 49.8 Å². The van der Waals surface area contributed by atoms with Gasteiger partial charge in [0.1, 0.15) is 5.75 Å². The van der Waals surface area contributed by atoms with Crippen molar-refractivity contribution in [2.24, 2.45) is 0 Å². The Balaban J connectivity index is 0.00000272. The number of nitrogens with one attached hydrogen (secondary N) is 1. The Morgan fingerprint density at radius 3 is 2.71 bits per heavy atom. The van der Waals surface area contributed by atoms with Gasteiger partial charge in [0.15, 0.2) is 11.5 Å². The van der Waals surface area contributed by atoms with E-state index in [1.54, 1.807) is 6.20 Å². The number of aromatic amines is 1. The van der Waals surface area contributed by atoms with Crippen LogP contribution in [-0.4, -0.2) is 74.7 Å². The molecular formula is C22H28N3NaO4S. The van der Waals surface area contributed by atoms with E-state index in [4.69, 9.17) is 14.2 Å². The van der Waals surface area contributed by atoms with Crippen LogP contribution in [-0.2, 0) is 26.4 Å². The third-order valence-electron chi connectivity index (χ3n) is 5.29. The van der Waals surface area contributed by atoms with E-state index in [2.05, 4.69) is 21.9 Å². The summed E-state index contributed by atoms with van der Waals surface area (Å²) in [5, 5.41) is 0.459. The molecule has 0 saturated carbocycles. The Hall–Kier alpha value is -1.13. The number of fused-ring (bicyclic) bond motifs is 1. The van der Waals surface area contributed by atoms with Crippen LogP contribution < -0.4 is 4.74 Å². The van der Waals surface area contributed by atoms with Crippen molar-refractivity contribution in [1.82, 2.24) is 15.0 Å². The van der Waals surface area contributed by atoms with Crippen LogP contribution in [0.1, 0.15) is 37.4 Å². The molecule has 0 aliphatic carbocycles. The number of hydrogen-bond acceptors (Lipinski definition) is 6. The second-order valence-electron chi connectivity index (χ2n) is 7.39. The third kappa shape index (κ3) is 5.82. The second kappa shape index (κ2) is 11.1. The Kier molecular flexibility index (Phi) is 8.81. The molecule has 0 amide bonds. The van der Waals surface area contributed by atoms with Gasteiger partial charge in [-0.15, -0.1) is 0 Å². The Morgan fingerprint density at radius 2 is 1.97 bits per heavy atom. The number of hydrogen-bond donors (Lipinski definition) is 1. The summed E-state index contributed by atoms with van der Waals surface area (Å²) in [6.07, 6.45) is 4.21. The molecule has 1 aromatic carbocycles. The fourth-order valence-corrected chi connectivity index (χ4v) is 4.80. The number of nitrogens with zero attached hydrogens (tertiary/aromatic N) is 2. The van der Waals surface area contributed by atoms with Gasteiger partial charge in [0, 0.05) is 35.8 Å². The molecule has 1 aliphatic rings. The van der Waals surface area contributed by atoms with Gasteiger partial charge in [-0.25, -0.2) is 0 Å². The maximum atomic E-state index is 12.9. The number of H-pyrrole nitrogens is 1. The van der Waals surface area contributed by atoms with Crippen LogP contribution in [0.15, 0.2) is 41.7 Å². The van der Waals surface area contributed by atoms with Crippen molar-refractivity contribution >= 4 is 51.8 Å². The summed E-state index contributed by atoms with van der Waals surface area (Å²) < 4.78 is 30.5. The first-order valence-electron chi connectivity index (χ1n) is 10.3. The summed E-state index contributed by atoms with van der Waals surface area (Å²) in [4.78, 5) is 12.0. The predicted octanol–water partition coefficient (Wildman–Crippen LogP) is 3.24. The predicted molar refractivity (Wildman–Crippen MR) is 122 cm³/mol. The van der Waals surface area contributed by atoms with Gasteiger partial charge in [-0.05, 0) is 25.1 Å². The van der Waals surface area contributed by atoms with Crippen molar-refractivity contribution in [1.29, 1.82) is 0 Å². The van der Waals surface area contributed by atoms with Crippen LogP contribution in [0.5, 0.6) is 5.75 Å². The number of pyridine rings is 1. The molecule has 31 heavy (non-hydrogen) atoms. The van der Waals surface area contributed by atoms with Gasteiger partial charge in [-0.3, -0.25) is 9.97 Å². The zero-order valence-corrected chi connectivity index (χ0v) is 18.2. The molecule has 4 rings (SSSR count). The summed E-state index contributed by atoms with van der Waals surface area (Å²) >= 11 is -1.33. The van der Waals surface area contributed by atoms with E-state index in [1.807, 2.05) is 37.3 Å². The molecule has 1 saturated heterocycles. The molecule has 0 spiro atoms. The van der Waals surface area contributed by atoms with Gasteiger partial charge in [0.05, 0.1) is 36.5 Å². The van der Waals surface area contributed by atoms with E-state index in [0.717, 1.165) is 40.9 Å². The molecule has 7 nitrogen and oxygen atoms in total. The van der Waals surface area contributed by atoms with Crippen molar-refractivity contribution in [3.63, 3.8) is 0 Å². The molecule has 1 atom stereocenters. The molecule has 2 aromatic heterocycles. The summed E-state index contributed by atoms with van der Waals surface area (Å²) in [5.74, 6) is 0.488. The van der Waals surface area contributed by atoms with Crippen LogP contribution in [0.3, 0.4) is 0 Å². The quantitative estimate of drug-likeness (QED) is 0.395. The van der Waals surface area contributed by atoms with E-state index in [-0.39, 0.29) is 35.3 Å². The first-order chi connectivity index (χ1) is 14.6. The van der Waals surface area contributed by atoms with Crippen LogP contribution in [0.4, 0.5) is 0 Å². The monoisotopic (exact) mass is 453 g/mol. The van der Waals surface area contributed by atoms with Gasteiger partial charge in [-0.1, -0.05) is 25.5 Å². The van der Waals surface area contributed by atoms with Crippen LogP contribution >= 0.6 is 0 Å². The van der Waals surface area contributed by atoms with E-state index in [0.29, 0.717) is 31.4 Å². The molecule has 0 bridgehead atoms. The number of imidazole rings is 1. The zero-order chi connectivity index (χ0) is 21.0. The summed E-state index contributed by atoms with van der Waals surface area (Å²) in [6, 6.07) is 9.49. The standard InChI is InChI=1S/C22H27N3O4S.Na.H/c1-3-9-22(28-13-14-29-22)10-12-27-20-8-11-23-19(16(20)2)15-30(26)21-24-17-6-4-5-7-18(17)25-21;;/h4-8,11H,3,9-10,12-15H2,1-2H3,(H,24,25);;. The second-order valence-corrected chi connectivity index (χ2v) is 8.75. The average molecular weight is 454 g/mol. The molecule has 9 heteroatoms. The minimum absolute atomic E-state index is 0. The van der Waals surface area contributed by atoms with Gasteiger partial charge in [0.2, 0.25) is 0 Å². The summed E-state index contributed by atoms with van der Waals surface area (Å²) in [7, 11) is 0. The number of aromatic nitrogens is 3. The third-order valence-corrected chi connectivity index (χ3v) is 6.46. The van der Waals surface area contributed by atoms with Gasteiger partial charge >= 0.3 is 34.7 Å².